The van der Waals surface area contributed by atoms with Crippen LogP contribution in [0.4, 0.5) is 5.69 Å². The molecule has 0 N–H and O–H groups in total. The molecule has 3 atom stereocenters. The first kappa shape index (κ1) is 32.1. The van der Waals surface area contributed by atoms with Crippen molar-refractivity contribution in [1.82, 2.24) is 0 Å². The molecular weight excluding hydrogens is 703 g/mol. The molecule has 5 rings (SSSR count). The van der Waals surface area contributed by atoms with E-state index >= 15 is 0 Å². The second-order valence-corrected chi connectivity index (χ2v) is 14.2. The van der Waals surface area contributed by atoms with Crippen LogP contribution in [0.25, 0.3) is 16.0 Å². The normalized spacial score (nSPS) is 18.7. The summed E-state index contributed by atoms with van der Waals surface area (Å²) in [5.41, 5.74) is 3.29. The molecule has 0 aromatic heterocycles. The van der Waals surface area contributed by atoms with Crippen molar-refractivity contribution in [3.05, 3.63) is 97.2 Å². The van der Waals surface area contributed by atoms with Gasteiger partial charge in [-0.15, -0.1) is 0 Å². The van der Waals surface area contributed by atoms with E-state index in [-0.39, 0.29) is 5.25 Å². The highest BCUT2D eigenvalue weighted by atomic mass is 79.9. The average molecular weight is 727 g/mol. The van der Waals surface area contributed by atoms with Crippen molar-refractivity contribution < 1.29 is 17.9 Å². The van der Waals surface area contributed by atoms with Gasteiger partial charge in [-0.2, -0.15) is 5.26 Å². The minimum Gasteiger partial charge on any atom is -0.465 e. The van der Waals surface area contributed by atoms with Crippen LogP contribution in [0.3, 0.4) is 0 Å². The molecule has 208 valence electrons. The van der Waals surface area contributed by atoms with E-state index in [1.165, 1.54) is 13.5 Å². The van der Waals surface area contributed by atoms with E-state index in [0.717, 1.165) is 34.9 Å². The highest BCUT2D eigenvalue weighted by Crippen LogP contribution is 2.48. The molecule has 11 heteroatoms. The molecule has 0 heterocycles. The van der Waals surface area contributed by atoms with Crippen molar-refractivity contribution >= 4 is 74.9 Å². The van der Waals surface area contributed by atoms with Crippen LogP contribution < -0.4 is 0 Å². The van der Waals surface area contributed by atoms with Gasteiger partial charge in [0.2, 0.25) is 14.7 Å². The minimum absolute atomic E-state index is 0.220. The van der Waals surface area contributed by atoms with Crippen LogP contribution in [0.1, 0.15) is 41.6 Å². The molecular formula is C29H24Br2Cl2N2O4S. The van der Waals surface area contributed by atoms with E-state index in [4.69, 9.17) is 34.1 Å². The number of methoxy groups -OCH3 is 1. The number of carbonyl (C=O) groups excluding carboxylic acids is 1. The molecule has 0 amide bonds. The third-order valence-electron chi connectivity index (χ3n) is 6.78. The molecule has 2 aliphatic rings. The van der Waals surface area contributed by atoms with Crippen LogP contribution in [-0.4, -0.2) is 26.7 Å². The van der Waals surface area contributed by atoms with Crippen molar-refractivity contribution in [1.29, 1.82) is 5.26 Å². The smallest absolute Gasteiger partial charge is 0.337 e. The number of nitriles is 1. The number of ether oxygens (including phenoxy) is 1. The maximum Gasteiger partial charge on any atom is 0.337 e. The summed E-state index contributed by atoms with van der Waals surface area (Å²) in [6, 6.07) is 19.9. The number of rotatable bonds is 3. The van der Waals surface area contributed by atoms with Crippen molar-refractivity contribution in [3.63, 3.8) is 0 Å². The molecule has 2 saturated carbocycles. The quantitative estimate of drug-likeness (QED) is 0.153. The zero-order valence-electron chi connectivity index (χ0n) is 21.3. The van der Waals surface area contributed by atoms with E-state index < -0.39 is 15.0 Å². The number of hydrogen-bond acceptors (Lipinski definition) is 5. The van der Waals surface area contributed by atoms with Gasteiger partial charge >= 0.3 is 5.97 Å². The van der Waals surface area contributed by atoms with Gasteiger partial charge in [-0.25, -0.2) is 18.1 Å². The van der Waals surface area contributed by atoms with E-state index in [1.807, 2.05) is 36.4 Å². The number of fused-ring (bicyclic) bond motifs is 2. The van der Waals surface area contributed by atoms with Crippen molar-refractivity contribution in [2.75, 3.05) is 7.11 Å². The van der Waals surface area contributed by atoms with Gasteiger partial charge in [0.15, 0.2) is 0 Å². The van der Waals surface area contributed by atoms with Gasteiger partial charge in [-0.3, -0.25) is 0 Å². The van der Waals surface area contributed by atoms with Crippen LogP contribution in [0.5, 0.6) is 0 Å². The summed E-state index contributed by atoms with van der Waals surface area (Å²) in [5.74, 6) is 0.638. The van der Waals surface area contributed by atoms with Crippen molar-refractivity contribution in [2.24, 2.45) is 11.8 Å². The van der Waals surface area contributed by atoms with Crippen LogP contribution in [0.2, 0.25) is 5.02 Å². The van der Waals surface area contributed by atoms with Gasteiger partial charge in [-0.05, 0) is 67.0 Å². The molecule has 0 saturated heterocycles. The zero-order chi connectivity index (χ0) is 29.4. The highest BCUT2D eigenvalue weighted by Gasteiger charge is 2.45. The SMILES string of the molecule is COC(=O)c1ccc(-c2cccc(Br)c2)c(Cl)c1.O=S(=O)(Cl)C1CC2CCC1C2.[C-]#[N+]c1cccc(C#N)c1Br. The van der Waals surface area contributed by atoms with Crippen LogP contribution in [0, 0.1) is 29.7 Å². The molecule has 0 spiro atoms. The molecule has 3 aromatic rings. The van der Waals surface area contributed by atoms with Gasteiger partial charge in [0.25, 0.3) is 0 Å². The lowest BCUT2D eigenvalue weighted by atomic mass is 10.0. The predicted molar refractivity (Wildman–Crippen MR) is 165 cm³/mol. The largest absolute Gasteiger partial charge is 0.465 e. The molecule has 2 fully saturated rings. The highest BCUT2D eigenvalue weighted by molar-refractivity contribution is 9.11. The summed E-state index contributed by atoms with van der Waals surface area (Å²) in [5, 5.41) is 8.86. The monoisotopic (exact) mass is 724 g/mol. The molecule has 40 heavy (non-hydrogen) atoms. The number of hydrogen-bond donors (Lipinski definition) is 0. The third-order valence-corrected chi connectivity index (χ3v) is 10.4. The molecule has 3 unspecified atom stereocenters. The van der Waals surface area contributed by atoms with Gasteiger partial charge in [-0.1, -0.05) is 80.2 Å². The number of halogens is 4. The van der Waals surface area contributed by atoms with Gasteiger partial charge < -0.3 is 4.74 Å². The first-order valence-electron chi connectivity index (χ1n) is 12.1. The second kappa shape index (κ2) is 14.5. The zero-order valence-corrected chi connectivity index (χ0v) is 26.8. The Morgan fingerprint density at radius 3 is 2.33 bits per heavy atom. The standard InChI is InChI=1S/C14H10BrClO2.C8H3BrN2.C7H11ClO2S/c1-18-14(17)10-5-6-12(13(16)8-10)9-3-2-4-11(15)7-9;1-11-7-4-2-3-6(5-10)8(7)9;8-11(9,10)7-4-5-1-2-6(7)3-5/h2-8H,1H3;2-4H;5-7H,1-4H2. The Hall–Kier alpha value is -2.40. The number of esters is 1. The van der Waals surface area contributed by atoms with Gasteiger partial charge in [0.1, 0.15) is 0 Å². The fourth-order valence-electron chi connectivity index (χ4n) is 4.87. The summed E-state index contributed by atoms with van der Waals surface area (Å²) < 4.78 is 28.2. The Balaban J connectivity index is 0.000000174. The Morgan fingerprint density at radius 1 is 1.10 bits per heavy atom. The average Bonchev–Trinajstić information content (AvgIpc) is 3.58. The molecule has 2 aliphatic carbocycles. The molecule has 0 aliphatic heterocycles. The van der Waals surface area contributed by atoms with Crippen LogP contribution in [-0.2, 0) is 13.8 Å². The van der Waals surface area contributed by atoms with E-state index in [1.54, 1.807) is 30.3 Å². The Morgan fingerprint density at radius 2 is 1.82 bits per heavy atom. The summed E-state index contributed by atoms with van der Waals surface area (Å²) >= 11 is 12.8. The second-order valence-electron chi connectivity index (χ2n) is 9.25. The summed E-state index contributed by atoms with van der Waals surface area (Å²) in [6.07, 6.45) is 4.20. The molecule has 3 aromatic carbocycles. The summed E-state index contributed by atoms with van der Waals surface area (Å²) in [6.45, 7) is 6.74. The lowest BCUT2D eigenvalue weighted by Crippen LogP contribution is -2.22. The Bertz CT molecular complexity index is 1550. The minimum atomic E-state index is -3.26. The molecule has 6 nitrogen and oxygen atoms in total. The number of nitrogens with zero attached hydrogens (tertiary/aromatic N) is 2. The predicted octanol–water partition coefficient (Wildman–Crippen LogP) is 9.17. The number of carbonyl (C=O) groups is 1. The Labute approximate surface area is 260 Å². The molecule has 2 bridgehead atoms. The third kappa shape index (κ3) is 8.31. The first-order valence-corrected chi connectivity index (χ1v) is 16.5. The lowest BCUT2D eigenvalue weighted by Gasteiger charge is -2.17. The van der Waals surface area contributed by atoms with Crippen LogP contribution in [0.15, 0.2) is 69.6 Å². The maximum absolute atomic E-state index is 11.4. The summed E-state index contributed by atoms with van der Waals surface area (Å²) in [4.78, 5) is 14.6. The van der Waals surface area contributed by atoms with Gasteiger partial charge in [0, 0.05) is 30.2 Å². The van der Waals surface area contributed by atoms with Crippen molar-refractivity contribution in [2.45, 2.75) is 30.9 Å². The fourth-order valence-corrected chi connectivity index (χ4v) is 7.87. The van der Waals surface area contributed by atoms with Crippen LogP contribution >= 0.6 is 54.1 Å². The van der Waals surface area contributed by atoms with E-state index in [9.17, 15) is 13.2 Å². The van der Waals surface area contributed by atoms with E-state index in [0.29, 0.717) is 38.1 Å². The van der Waals surface area contributed by atoms with Crippen molar-refractivity contribution in [3.8, 4) is 17.2 Å². The van der Waals surface area contributed by atoms with Gasteiger partial charge in [0.05, 0.1) is 36.1 Å². The van der Waals surface area contributed by atoms with E-state index in [2.05, 4.69) is 41.4 Å². The lowest BCUT2D eigenvalue weighted by molar-refractivity contribution is 0.0600. The Kier molecular flexibility index (Phi) is 11.6. The summed E-state index contributed by atoms with van der Waals surface area (Å²) in [7, 11) is 3.39. The molecule has 0 radical (unpaired) electrons. The fraction of sp³-hybridized carbons (Fsp3) is 0.276. The maximum atomic E-state index is 11.4. The number of benzene rings is 3. The first-order chi connectivity index (χ1) is 19.0. The topological polar surface area (TPSA) is 88.6 Å².